The molecule has 0 unspecified atom stereocenters. The number of nitrogens with one attached hydrogen (secondary N) is 2. The molecule has 1 saturated heterocycles. The highest BCUT2D eigenvalue weighted by molar-refractivity contribution is 6.32. The van der Waals surface area contributed by atoms with Gasteiger partial charge in [0.15, 0.2) is 0 Å². The Labute approximate surface area is 204 Å². The van der Waals surface area contributed by atoms with E-state index in [1.807, 2.05) is 48.2 Å². The Morgan fingerprint density at radius 2 is 2.24 bits per heavy atom. The zero-order chi connectivity index (χ0) is 23.9. The number of rotatable bonds is 7. The number of amides is 1. The van der Waals surface area contributed by atoms with Crippen LogP contribution in [0.3, 0.4) is 0 Å². The maximum Gasteiger partial charge on any atom is 0.246 e. The second kappa shape index (κ2) is 11.1. The minimum atomic E-state index is 0.0391. The Hall–Kier alpha value is -3.54. The van der Waals surface area contributed by atoms with Gasteiger partial charge >= 0.3 is 0 Å². The molecule has 0 radical (unpaired) electrons. The molecule has 0 aliphatic carbocycles. The summed E-state index contributed by atoms with van der Waals surface area (Å²) in [4.78, 5) is 28.2. The molecular weight excluding hydrogens is 452 g/mol. The van der Waals surface area contributed by atoms with Crippen molar-refractivity contribution in [3.63, 3.8) is 0 Å². The van der Waals surface area contributed by atoms with Crippen LogP contribution in [-0.4, -0.2) is 77.0 Å². The molecule has 9 heteroatoms. The van der Waals surface area contributed by atoms with Crippen LogP contribution in [0.4, 0.5) is 5.82 Å². The van der Waals surface area contributed by atoms with Gasteiger partial charge in [-0.15, -0.1) is 0 Å². The van der Waals surface area contributed by atoms with Crippen LogP contribution < -0.4 is 10.1 Å². The van der Waals surface area contributed by atoms with Gasteiger partial charge in [0.05, 0.1) is 16.1 Å². The normalized spacial score (nSPS) is 15.6. The summed E-state index contributed by atoms with van der Waals surface area (Å²) >= 11 is 6.09. The average molecular weight is 479 g/mol. The van der Waals surface area contributed by atoms with Gasteiger partial charge in [0.2, 0.25) is 5.91 Å². The van der Waals surface area contributed by atoms with Crippen LogP contribution in [0.25, 0.3) is 11.0 Å². The van der Waals surface area contributed by atoms with E-state index in [9.17, 15) is 4.79 Å². The highest BCUT2D eigenvalue weighted by atomic mass is 35.5. The standard InChI is InChI=1S/C25H27ClN6O2/c1-31(2)12-5-10-23(33)32-13-11-19(16-32)30-25-20-15-18(29-24(20)27-17-28-25)7-6-14-34-22-9-4-3-8-21(22)26/h3-5,8-10,15,17,19H,11-14,16H2,1-2H3,(H2,27,28,29,30)/t19-/m1/s1. The van der Waals surface area contributed by atoms with Gasteiger partial charge in [0.1, 0.15) is 30.1 Å². The monoisotopic (exact) mass is 478 g/mol. The number of H-pyrrole nitrogens is 1. The Morgan fingerprint density at radius 3 is 3.06 bits per heavy atom. The topological polar surface area (TPSA) is 86.4 Å². The molecule has 1 aliphatic heterocycles. The molecule has 8 nitrogen and oxygen atoms in total. The van der Waals surface area contributed by atoms with Crippen molar-refractivity contribution in [1.29, 1.82) is 0 Å². The Balaban J connectivity index is 1.37. The number of carbonyl (C=O) groups excluding carboxylic acids is 1. The van der Waals surface area contributed by atoms with Crippen LogP contribution in [0, 0.1) is 11.8 Å². The lowest BCUT2D eigenvalue weighted by atomic mass is 10.2. The first-order valence-corrected chi connectivity index (χ1v) is 11.4. The number of aromatic nitrogens is 3. The second-order valence-electron chi connectivity index (χ2n) is 8.27. The van der Waals surface area contributed by atoms with Crippen molar-refractivity contribution in [3.05, 3.63) is 59.5 Å². The van der Waals surface area contributed by atoms with Crippen molar-refractivity contribution in [2.75, 3.05) is 45.7 Å². The number of carbonyl (C=O) groups is 1. The van der Waals surface area contributed by atoms with E-state index in [-0.39, 0.29) is 18.6 Å². The molecule has 1 aromatic carbocycles. The summed E-state index contributed by atoms with van der Waals surface area (Å²) in [7, 11) is 3.94. The summed E-state index contributed by atoms with van der Waals surface area (Å²) in [6, 6.07) is 9.33. The van der Waals surface area contributed by atoms with E-state index in [0.717, 1.165) is 29.9 Å². The fraction of sp³-hybridized carbons (Fsp3) is 0.320. The number of halogens is 1. The van der Waals surface area contributed by atoms with Gasteiger partial charge in [0.25, 0.3) is 0 Å². The lowest BCUT2D eigenvalue weighted by Gasteiger charge is -2.16. The fourth-order valence-corrected chi connectivity index (χ4v) is 3.86. The van der Waals surface area contributed by atoms with Crippen LogP contribution in [0.5, 0.6) is 5.75 Å². The van der Waals surface area contributed by atoms with E-state index in [1.165, 1.54) is 6.33 Å². The third-order valence-corrected chi connectivity index (χ3v) is 5.67. The second-order valence-corrected chi connectivity index (χ2v) is 8.67. The molecule has 0 spiro atoms. The highest BCUT2D eigenvalue weighted by Gasteiger charge is 2.25. The molecular formula is C25H27ClN6O2. The average Bonchev–Trinajstić information content (AvgIpc) is 3.45. The minimum Gasteiger partial charge on any atom is -0.479 e. The van der Waals surface area contributed by atoms with E-state index in [1.54, 1.807) is 18.2 Å². The van der Waals surface area contributed by atoms with Gasteiger partial charge in [-0.1, -0.05) is 35.7 Å². The third kappa shape index (κ3) is 6.07. The van der Waals surface area contributed by atoms with Gasteiger partial charge in [-0.2, -0.15) is 0 Å². The SMILES string of the molecule is CN(C)CC=CC(=O)N1CC[C@@H](Nc2ncnc3[nH]c(C#CCOc4ccccc4Cl)cc23)C1. The first-order valence-electron chi connectivity index (χ1n) is 11.1. The van der Waals surface area contributed by atoms with Crippen LogP contribution in [-0.2, 0) is 4.79 Å². The number of likely N-dealkylation sites (tertiary alicyclic amines) is 1. The molecule has 1 aliphatic rings. The van der Waals surface area contributed by atoms with Crippen molar-refractivity contribution in [2.24, 2.45) is 0 Å². The molecule has 176 valence electrons. The molecule has 3 heterocycles. The summed E-state index contributed by atoms with van der Waals surface area (Å²) in [6.45, 7) is 2.30. The van der Waals surface area contributed by atoms with Crippen molar-refractivity contribution >= 4 is 34.4 Å². The molecule has 0 saturated carbocycles. The van der Waals surface area contributed by atoms with E-state index < -0.39 is 0 Å². The van der Waals surface area contributed by atoms with Gasteiger partial charge in [0, 0.05) is 31.8 Å². The zero-order valence-electron chi connectivity index (χ0n) is 19.2. The van der Waals surface area contributed by atoms with Gasteiger partial charge < -0.3 is 24.8 Å². The number of benzene rings is 1. The lowest BCUT2D eigenvalue weighted by molar-refractivity contribution is -0.125. The minimum absolute atomic E-state index is 0.0391. The zero-order valence-corrected chi connectivity index (χ0v) is 20.0. The number of aromatic amines is 1. The summed E-state index contributed by atoms with van der Waals surface area (Å²) in [5, 5.41) is 4.88. The van der Waals surface area contributed by atoms with Gasteiger partial charge in [-0.3, -0.25) is 4.79 Å². The van der Waals surface area contributed by atoms with E-state index in [2.05, 4.69) is 32.1 Å². The maximum atomic E-state index is 12.4. The van der Waals surface area contributed by atoms with E-state index in [4.69, 9.17) is 16.3 Å². The molecule has 2 N–H and O–H groups in total. The first-order chi connectivity index (χ1) is 16.5. The molecule has 34 heavy (non-hydrogen) atoms. The van der Waals surface area contributed by atoms with Crippen molar-refractivity contribution in [2.45, 2.75) is 12.5 Å². The molecule has 4 rings (SSSR count). The summed E-state index contributed by atoms with van der Waals surface area (Å²) in [5.74, 6) is 7.42. The number of hydrogen-bond donors (Lipinski definition) is 2. The van der Waals surface area contributed by atoms with E-state index in [0.29, 0.717) is 29.5 Å². The fourth-order valence-electron chi connectivity index (χ4n) is 3.67. The van der Waals surface area contributed by atoms with Crippen molar-refractivity contribution in [3.8, 4) is 17.6 Å². The number of para-hydroxylation sites is 1. The third-order valence-electron chi connectivity index (χ3n) is 5.36. The molecule has 1 fully saturated rings. The number of fused-ring (bicyclic) bond motifs is 1. The van der Waals surface area contributed by atoms with Gasteiger partial charge in [-0.05, 0) is 44.6 Å². The predicted octanol–water partition coefficient (Wildman–Crippen LogP) is 3.17. The molecule has 1 atom stereocenters. The van der Waals surface area contributed by atoms with Crippen LogP contribution >= 0.6 is 11.6 Å². The number of ether oxygens (including phenoxy) is 1. The number of anilines is 1. The Morgan fingerprint density at radius 1 is 1.38 bits per heavy atom. The van der Waals surface area contributed by atoms with Gasteiger partial charge in [-0.25, -0.2) is 9.97 Å². The summed E-state index contributed by atoms with van der Waals surface area (Å²) in [6.07, 6.45) is 5.91. The predicted molar refractivity (Wildman–Crippen MR) is 134 cm³/mol. The summed E-state index contributed by atoms with van der Waals surface area (Å²) < 4.78 is 5.61. The Bertz CT molecular complexity index is 1240. The molecule has 2 aromatic heterocycles. The van der Waals surface area contributed by atoms with Crippen LogP contribution in [0.15, 0.2) is 48.8 Å². The Kier molecular flexibility index (Phi) is 7.68. The van der Waals surface area contributed by atoms with Crippen LogP contribution in [0.1, 0.15) is 12.1 Å². The molecule has 1 amide bonds. The molecule has 3 aromatic rings. The maximum absolute atomic E-state index is 12.4. The lowest BCUT2D eigenvalue weighted by Crippen LogP contribution is -2.30. The first kappa shape index (κ1) is 23.6. The summed E-state index contributed by atoms with van der Waals surface area (Å²) in [5.41, 5.74) is 1.42. The highest BCUT2D eigenvalue weighted by Crippen LogP contribution is 2.24. The van der Waals surface area contributed by atoms with Crippen molar-refractivity contribution in [1.82, 2.24) is 24.8 Å². The van der Waals surface area contributed by atoms with Crippen molar-refractivity contribution < 1.29 is 9.53 Å². The van der Waals surface area contributed by atoms with Crippen LogP contribution in [0.2, 0.25) is 5.02 Å². The smallest absolute Gasteiger partial charge is 0.246 e. The molecule has 0 bridgehead atoms. The van der Waals surface area contributed by atoms with E-state index >= 15 is 0 Å². The number of nitrogens with zero attached hydrogens (tertiary/aromatic N) is 4. The number of hydrogen-bond acceptors (Lipinski definition) is 6. The largest absolute Gasteiger partial charge is 0.479 e. The number of likely N-dealkylation sites (N-methyl/N-ethyl adjacent to an activating group) is 1. The quantitative estimate of drug-likeness (QED) is 0.400.